The van der Waals surface area contributed by atoms with Crippen LogP contribution in [-0.2, 0) is 28.7 Å². The third-order valence-electron chi connectivity index (χ3n) is 2.72. The van der Waals surface area contributed by atoms with E-state index in [1.54, 1.807) is 41.5 Å². The molecule has 0 saturated heterocycles. The van der Waals surface area contributed by atoms with E-state index in [-0.39, 0.29) is 12.8 Å². The predicted octanol–water partition coefficient (Wildman–Crippen LogP) is 1.92. The molecule has 0 aliphatic rings. The van der Waals surface area contributed by atoms with Gasteiger partial charge in [-0.05, 0) is 54.9 Å². The summed E-state index contributed by atoms with van der Waals surface area (Å²) in [6.45, 7) is 12.0. The quantitative estimate of drug-likeness (QED) is 0.527. The van der Waals surface area contributed by atoms with E-state index in [2.05, 4.69) is 5.32 Å². The molecule has 9 nitrogen and oxygen atoms in total. The van der Waals surface area contributed by atoms with Crippen molar-refractivity contribution in [1.82, 2.24) is 5.32 Å². The minimum atomic E-state index is -5.08. The number of alkyl halides is 3. The molecule has 0 saturated carbocycles. The number of rotatable bonds is 6. The van der Waals surface area contributed by atoms with Crippen molar-refractivity contribution >= 4 is 23.8 Å². The highest BCUT2D eigenvalue weighted by atomic mass is 19.4. The van der Waals surface area contributed by atoms with Gasteiger partial charge < -0.3 is 25.6 Å². The van der Waals surface area contributed by atoms with Crippen LogP contribution in [0.2, 0.25) is 0 Å². The summed E-state index contributed by atoms with van der Waals surface area (Å²) in [6.07, 6.45) is -5.01. The molecule has 0 aliphatic heterocycles. The fourth-order valence-corrected chi connectivity index (χ4v) is 1.58. The zero-order valence-corrected chi connectivity index (χ0v) is 18.2. The van der Waals surface area contributed by atoms with Crippen LogP contribution in [0.25, 0.3) is 0 Å². The number of ether oxygens (including phenoxy) is 2. The number of carboxylic acids is 1. The highest BCUT2D eigenvalue weighted by Crippen LogP contribution is 2.14. The fraction of sp³-hybridized carbons (Fsp3) is 0.778. The molecule has 2 atom stereocenters. The number of carbonyl (C=O) groups excluding carboxylic acids is 3. The Morgan fingerprint density at radius 3 is 1.67 bits per heavy atom. The lowest BCUT2D eigenvalue weighted by Gasteiger charge is -2.25. The number of hydrogen-bond donors (Lipinski definition) is 3. The number of aliphatic carboxylic acids is 1. The van der Waals surface area contributed by atoms with Gasteiger partial charge in [-0.2, -0.15) is 13.2 Å². The first-order chi connectivity index (χ1) is 13.2. The first-order valence-corrected chi connectivity index (χ1v) is 8.96. The molecule has 0 spiro atoms. The second-order valence-electron chi connectivity index (χ2n) is 8.31. The average Bonchev–Trinajstić information content (AvgIpc) is 2.46. The summed E-state index contributed by atoms with van der Waals surface area (Å²) in [5.41, 5.74) is 4.20. The Hall–Kier alpha value is -2.37. The van der Waals surface area contributed by atoms with Crippen molar-refractivity contribution in [1.29, 1.82) is 0 Å². The molecular formula is C18H31F3N2O7. The molecule has 0 aromatic carbocycles. The summed E-state index contributed by atoms with van der Waals surface area (Å²) in [5, 5.41) is 9.64. The highest BCUT2D eigenvalue weighted by Gasteiger charge is 2.38. The molecular weight excluding hydrogens is 413 g/mol. The van der Waals surface area contributed by atoms with Gasteiger partial charge in [-0.15, -0.1) is 0 Å². The molecule has 12 heteroatoms. The van der Waals surface area contributed by atoms with Gasteiger partial charge in [0.25, 0.3) is 0 Å². The average molecular weight is 444 g/mol. The lowest BCUT2D eigenvalue weighted by Crippen LogP contribution is -2.49. The summed E-state index contributed by atoms with van der Waals surface area (Å²) in [6, 6.07) is -1.71. The molecule has 176 valence electrons. The lowest BCUT2D eigenvalue weighted by atomic mass is 10.1. The number of nitrogens with two attached hydrogens (primary N) is 1. The van der Waals surface area contributed by atoms with Crippen LogP contribution in [0, 0.1) is 0 Å². The third kappa shape index (κ3) is 16.6. The molecule has 0 bridgehead atoms. The van der Waals surface area contributed by atoms with Crippen LogP contribution in [0.15, 0.2) is 0 Å². The fourth-order valence-electron chi connectivity index (χ4n) is 1.58. The number of amides is 1. The molecule has 30 heavy (non-hydrogen) atoms. The standard InChI is InChI=1S/C16H30N2O5.C2HF3O2/c1-10(17)13(20)18-11(14(21)23-16(5,6)7)8-9-12(19)22-15(2,3)4;3-2(4,5)1(6)7/h10-11H,8-9,17H2,1-7H3,(H,18,20);(H,6,7)/t10-,11+;/m0./s1. The lowest BCUT2D eigenvalue weighted by molar-refractivity contribution is -0.192. The molecule has 0 unspecified atom stereocenters. The third-order valence-corrected chi connectivity index (χ3v) is 2.72. The van der Waals surface area contributed by atoms with Gasteiger partial charge in [0.05, 0.1) is 6.04 Å². The summed E-state index contributed by atoms with van der Waals surface area (Å²) in [4.78, 5) is 44.6. The van der Waals surface area contributed by atoms with E-state index in [0.29, 0.717) is 0 Å². The Morgan fingerprint density at radius 1 is 0.967 bits per heavy atom. The van der Waals surface area contributed by atoms with Crippen molar-refractivity contribution < 1.29 is 46.9 Å². The number of esters is 2. The second-order valence-corrected chi connectivity index (χ2v) is 8.31. The van der Waals surface area contributed by atoms with Crippen molar-refractivity contribution in [3.8, 4) is 0 Å². The van der Waals surface area contributed by atoms with Crippen molar-refractivity contribution in [3.63, 3.8) is 0 Å². The molecule has 0 aliphatic carbocycles. The maximum Gasteiger partial charge on any atom is 0.490 e. The van der Waals surface area contributed by atoms with Crippen LogP contribution >= 0.6 is 0 Å². The molecule has 1 amide bonds. The zero-order chi connectivity index (χ0) is 24.5. The van der Waals surface area contributed by atoms with Crippen molar-refractivity contribution in [2.24, 2.45) is 5.73 Å². The smallest absolute Gasteiger partial charge is 0.475 e. The highest BCUT2D eigenvalue weighted by molar-refractivity contribution is 5.87. The normalized spacial score (nSPS) is 13.8. The molecule has 0 fully saturated rings. The topological polar surface area (TPSA) is 145 Å². The van der Waals surface area contributed by atoms with Crippen LogP contribution in [0.3, 0.4) is 0 Å². The summed E-state index contributed by atoms with van der Waals surface area (Å²) >= 11 is 0. The van der Waals surface area contributed by atoms with E-state index >= 15 is 0 Å². The summed E-state index contributed by atoms with van der Waals surface area (Å²) < 4.78 is 42.2. The first kappa shape index (κ1) is 29.8. The minimum absolute atomic E-state index is 0.0135. The molecule has 4 N–H and O–H groups in total. The SMILES string of the molecule is C[C@H](N)C(=O)N[C@H](CCC(=O)OC(C)(C)C)C(=O)OC(C)(C)C.O=C(O)C(F)(F)F. The van der Waals surface area contributed by atoms with Crippen molar-refractivity contribution in [2.45, 2.75) is 90.8 Å². The zero-order valence-electron chi connectivity index (χ0n) is 18.2. The van der Waals surface area contributed by atoms with E-state index < -0.39 is 53.3 Å². The second kappa shape index (κ2) is 11.7. The van der Waals surface area contributed by atoms with Crippen LogP contribution in [0.4, 0.5) is 13.2 Å². The maximum absolute atomic E-state index is 12.2. The molecule has 0 radical (unpaired) electrons. The molecule has 0 heterocycles. The van der Waals surface area contributed by atoms with E-state index in [4.69, 9.17) is 25.1 Å². The monoisotopic (exact) mass is 444 g/mol. The number of carboxylic acid groups (broad SMARTS) is 1. The minimum Gasteiger partial charge on any atom is -0.475 e. The van der Waals surface area contributed by atoms with Crippen LogP contribution in [0.5, 0.6) is 0 Å². The van der Waals surface area contributed by atoms with E-state index in [0.717, 1.165) is 0 Å². The molecule has 0 rings (SSSR count). The predicted molar refractivity (Wildman–Crippen MR) is 100 cm³/mol. The summed E-state index contributed by atoms with van der Waals surface area (Å²) in [7, 11) is 0. The Kier molecular flexibility index (Phi) is 11.7. The molecule has 0 aromatic rings. The Morgan fingerprint density at radius 2 is 1.37 bits per heavy atom. The largest absolute Gasteiger partial charge is 0.490 e. The number of carbonyl (C=O) groups is 4. The summed E-state index contributed by atoms with van der Waals surface area (Å²) in [5.74, 6) is -4.28. The Labute approximate surface area is 173 Å². The van der Waals surface area contributed by atoms with Gasteiger partial charge >= 0.3 is 24.1 Å². The van der Waals surface area contributed by atoms with Crippen molar-refractivity contribution in [2.75, 3.05) is 0 Å². The van der Waals surface area contributed by atoms with Gasteiger partial charge in [0.15, 0.2) is 0 Å². The van der Waals surface area contributed by atoms with Crippen LogP contribution in [-0.4, -0.2) is 58.4 Å². The van der Waals surface area contributed by atoms with Crippen LogP contribution < -0.4 is 11.1 Å². The number of nitrogens with one attached hydrogen (secondary N) is 1. The van der Waals surface area contributed by atoms with E-state index in [1.807, 2.05) is 0 Å². The van der Waals surface area contributed by atoms with Gasteiger partial charge in [-0.3, -0.25) is 9.59 Å². The first-order valence-electron chi connectivity index (χ1n) is 8.96. The van der Waals surface area contributed by atoms with Gasteiger partial charge in [-0.25, -0.2) is 9.59 Å². The van der Waals surface area contributed by atoms with E-state index in [1.165, 1.54) is 6.92 Å². The van der Waals surface area contributed by atoms with E-state index in [9.17, 15) is 27.6 Å². The van der Waals surface area contributed by atoms with Gasteiger partial charge in [-0.1, -0.05) is 0 Å². The number of halogens is 3. The maximum atomic E-state index is 12.2. The van der Waals surface area contributed by atoms with Gasteiger partial charge in [0, 0.05) is 6.42 Å². The Bertz CT molecular complexity index is 606. The van der Waals surface area contributed by atoms with Gasteiger partial charge in [0.1, 0.15) is 17.2 Å². The van der Waals surface area contributed by atoms with Crippen LogP contribution in [0.1, 0.15) is 61.3 Å². The Balaban J connectivity index is 0. The van der Waals surface area contributed by atoms with Crippen molar-refractivity contribution in [3.05, 3.63) is 0 Å². The number of hydrogen-bond acceptors (Lipinski definition) is 7. The molecule has 0 aromatic heterocycles. The van der Waals surface area contributed by atoms with Gasteiger partial charge in [0.2, 0.25) is 5.91 Å².